The molecule has 0 amide bonds. The molecule has 0 spiro atoms. The van der Waals surface area contributed by atoms with Gasteiger partial charge in [-0.3, -0.25) is 0 Å². The van der Waals surface area contributed by atoms with Crippen LogP contribution in [0, 0.1) is 5.53 Å². The number of hydrogen-bond acceptors (Lipinski definition) is 10. The second kappa shape index (κ2) is 9.41. The molecule has 0 aromatic rings. The molecule has 11 heteroatoms. The van der Waals surface area contributed by atoms with Crippen LogP contribution in [0.3, 0.4) is 0 Å². The van der Waals surface area contributed by atoms with Gasteiger partial charge in [0.25, 0.3) is 0 Å². The SMILES string of the molecule is N=NOOOOOOOOCl. The molecule has 66 valence electrons. The van der Waals surface area contributed by atoms with Crippen LogP contribution < -0.4 is 0 Å². The van der Waals surface area contributed by atoms with Crippen LogP contribution in [0.25, 0.3) is 0 Å². The van der Waals surface area contributed by atoms with Gasteiger partial charge in [0, 0.05) is 15.1 Å². The van der Waals surface area contributed by atoms with E-state index in [2.05, 4.69) is 56.8 Å². The molecule has 0 aliphatic rings. The molecule has 0 atom stereocenters. The van der Waals surface area contributed by atoms with Crippen molar-refractivity contribution < 1.29 is 39.7 Å². The summed E-state index contributed by atoms with van der Waals surface area (Å²) < 4.78 is 3.34. The van der Waals surface area contributed by atoms with Crippen molar-refractivity contribution in [3.05, 3.63) is 0 Å². The fraction of sp³-hybridized carbons (Fsp3) is 0. The van der Waals surface area contributed by atoms with E-state index in [1.165, 1.54) is 0 Å². The van der Waals surface area contributed by atoms with Crippen molar-refractivity contribution in [3.63, 3.8) is 0 Å². The molecule has 0 unspecified atom stereocenters. The highest BCUT2D eigenvalue weighted by Gasteiger charge is 1.92. The van der Waals surface area contributed by atoms with Crippen LogP contribution in [0.4, 0.5) is 0 Å². The number of nitrogens with one attached hydrogen (secondary N) is 1. The average molecular weight is 192 g/mol. The van der Waals surface area contributed by atoms with E-state index in [9.17, 15) is 0 Å². The minimum Gasteiger partial charge on any atom is -0.166 e. The average Bonchev–Trinajstić information content (AvgIpc) is 2.03. The molecule has 11 heavy (non-hydrogen) atoms. The highest BCUT2D eigenvalue weighted by Crippen LogP contribution is 1.89. The Morgan fingerprint density at radius 3 is 2.00 bits per heavy atom. The second-order valence-electron chi connectivity index (χ2n) is 0.637. The van der Waals surface area contributed by atoms with Crippen molar-refractivity contribution >= 4 is 11.9 Å². The summed E-state index contributed by atoms with van der Waals surface area (Å²) in [4.78, 5) is 3.45. The fourth-order valence-electron chi connectivity index (χ4n) is 0.0835. The summed E-state index contributed by atoms with van der Waals surface area (Å²) in [7, 11) is 0. The van der Waals surface area contributed by atoms with Crippen molar-refractivity contribution in [1.82, 2.24) is 0 Å². The van der Waals surface area contributed by atoms with Crippen LogP contribution in [-0.2, 0) is 39.7 Å². The van der Waals surface area contributed by atoms with Crippen LogP contribution in [-0.4, -0.2) is 0 Å². The lowest BCUT2D eigenvalue weighted by Gasteiger charge is -1.93. The topological polar surface area (TPSA) is 110 Å². The van der Waals surface area contributed by atoms with Crippen LogP contribution in [0.5, 0.6) is 0 Å². The minimum atomic E-state index is 2.22. The fourth-order valence-corrected chi connectivity index (χ4v) is 0.104. The first-order chi connectivity index (χ1) is 5.41. The van der Waals surface area contributed by atoms with Crippen molar-refractivity contribution in [2.75, 3.05) is 0 Å². The lowest BCUT2D eigenvalue weighted by molar-refractivity contribution is -0.809. The third-order valence-electron chi connectivity index (χ3n) is 0.232. The first-order valence-corrected chi connectivity index (χ1v) is 2.04. The van der Waals surface area contributed by atoms with Crippen molar-refractivity contribution in [2.45, 2.75) is 0 Å². The number of hydrogen-bond donors (Lipinski definition) is 1. The van der Waals surface area contributed by atoms with Crippen molar-refractivity contribution in [3.8, 4) is 0 Å². The van der Waals surface area contributed by atoms with Gasteiger partial charge in [0.1, 0.15) is 11.9 Å². The summed E-state index contributed by atoms with van der Waals surface area (Å²) in [6, 6.07) is 0. The van der Waals surface area contributed by atoms with E-state index < -0.39 is 0 Å². The van der Waals surface area contributed by atoms with Gasteiger partial charge in [0.15, 0.2) is 0 Å². The van der Waals surface area contributed by atoms with Gasteiger partial charge in [-0.25, -0.2) is 0 Å². The van der Waals surface area contributed by atoms with E-state index in [-0.39, 0.29) is 0 Å². The molecular weight excluding hydrogens is 191 g/mol. The van der Waals surface area contributed by atoms with Gasteiger partial charge in [0.05, 0.1) is 5.28 Å². The first-order valence-electron chi connectivity index (χ1n) is 1.73. The van der Waals surface area contributed by atoms with Crippen LogP contribution in [0.1, 0.15) is 0 Å². The summed E-state index contributed by atoms with van der Waals surface area (Å²) in [6.45, 7) is 0. The third-order valence-corrected chi connectivity index (χ3v) is 0.284. The smallest absolute Gasteiger partial charge is 0.103 e. The minimum absolute atomic E-state index is 2.22. The molecule has 0 rings (SSSR count). The van der Waals surface area contributed by atoms with Crippen molar-refractivity contribution in [1.29, 1.82) is 5.53 Å². The summed E-state index contributed by atoms with van der Waals surface area (Å²) in [5, 5.41) is 22.9. The van der Waals surface area contributed by atoms with Crippen LogP contribution >= 0.6 is 11.9 Å². The predicted octanol–water partition coefficient (Wildman–Crippen LogP) is 0.624. The van der Waals surface area contributed by atoms with Crippen LogP contribution in [0.15, 0.2) is 5.28 Å². The van der Waals surface area contributed by atoms with E-state index >= 15 is 0 Å². The number of nitrogens with zero attached hydrogens (tertiary/aromatic N) is 1. The molecule has 0 fully saturated rings. The molecule has 1 N–H and O–H groups in total. The van der Waals surface area contributed by atoms with E-state index in [0.717, 1.165) is 0 Å². The Hall–Kier alpha value is -0.590. The quantitative estimate of drug-likeness (QED) is 0.258. The third kappa shape index (κ3) is 9.41. The Bertz CT molecular complexity index is 86.2. The normalized spacial score (nSPS) is 9.55. The lowest BCUT2D eigenvalue weighted by atomic mass is 13.1. The molecule has 0 heterocycles. The molecule has 0 aliphatic carbocycles. The lowest BCUT2D eigenvalue weighted by Crippen LogP contribution is -1.98. The summed E-state index contributed by atoms with van der Waals surface area (Å²) in [5.74, 6) is 0. The zero-order chi connectivity index (χ0) is 8.36. The largest absolute Gasteiger partial charge is 0.166 e. The monoisotopic (exact) mass is 192 g/mol. The van der Waals surface area contributed by atoms with E-state index in [4.69, 9.17) is 5.53 Å². The highest BCUT2D eigenvalue weighted by atomic mass is 35.5. The van der Waals surface area contributed by atoms with E-state index in [0.29, 0.717) is 0 Å². The molecule has 0 radical (unpaired) electrons. The van der Waals surface area contributed by atoms with E-state index in [1.54, 1.807) is 0 Å². The zero-order valence-corrected chi connectivity index (χ0v) is 5.35. The molecule has 0 aliphatic heterocycles. The van der Waals surface area contributed by atoms with Crippen LogP contribution in [0.2, 0.25) is 0 Å². The maximum absolute atomic E-state index is 5.96. The van der Waals surface area contributed by atoms with Gasteiger partial charge in [-0.05, 0) is 15.1 Å². The highest BCUT2D eigenvalue weighted by molar-refractivity contribution is 6.06. The molecule has 0 saturated heterocycles. The molecule has 0 aromatic carbocycles. The Labute approximate surface area is 63.5 Å². The summed E-state index contributed by atoms with van der Waals surface area (Å²) >= 11 is 4.44. The maximum atomic E-state index is 5.96. The first kappa shape index (κ1) is 10.4. The Balaban J connectivity index is 2.74. The Kier molecular flexibility index (Phi) is 8.91. The van der Waals surface area contributed by atoms with Gasteiger partial charge < -0.3 is 0 Å². The maximum Gasteiger partial charge on any atom is 0.103 e. The van der Waals surface area contributed by atoms with E-state index in [1.807, 2.05) is 0 Å². The zero-order valence-electron chi connectivity index (χ0n) is 4.59. The standard InChI is InChI=1S/ClHN2O8/c1-4-6-8-10-11-9-7-5-3-2/h2H. The molecular formula is HClN2O8. The predicted molar refractivity (Wildman–Crippen MR) is 19.7 cm³/mol. The number of rotatable bonds is 8. The van der Waals surface area contributed by atoms with Gasteiger partial charge in [-0.1, -0.05) is 4.44 Å². The van der Waals surface area contributed by atoms with Gasteiger partial charge in [-0.2, -0.15) is 10.5 Å². The van der Waals surface area contributed by atoms with Gasteiger partial charge in [-0.15, -0.1) is 0 Å². The van der Waals surface area contributed by atoms with Crippen molar-refractivity contribution in [2.24, 2.45) is 5.28 Å². The molecule has 0 saturated carbocycles. The molecule has 10 nitrogen and oxygen atoms in total. The van der Waals surface area contributed by atoms with Gasteiger partial charge in [0.2, 0.25) is 0 Å². The summed E-state index contributed by atoms with van der Waals surface area (Å²) in [5.41, 5.74) is 5.96. The van der Waals surface area contributed by atoms with Gasteiger partial charge >= 0.3 is 0 Å². The number of halogens is 1. The summed E-state index contributed by atoms with van der Waals surface area (Å²) in [6.07, 6.45) is 0. The Morgan fingerprint density at radius 1 is 0.909 bits per heavy atom. The molecule has 0 bridgehead atoms. The molecule has 0 aromatic heterocycles. The second-order valence-corrected chi connectivity index (χ2v) is 0.763. The Morgan fingerprint density at radius 2 is 1.45 bits per heavy atom.